The zero-order valence-electron chi connectivity index (χ0n) is 18.0. The maximum absolute atomic E-state index is 13.3. The molecule has 0 aliphatic rings. The van der Waals surface area contributed by atoms with Gasteiger partial charge in [0, 0.05) is 28.1 Å². The van der Waals surface area contributed by atoms with Crippen molar-refractivity contribution in [2.24, 2.45) is 0 Å². The van der Waals surface area contributed by atoms with E-state index in [1.54, 1.807) is 30.0 Å². The second kappa shape index (κ2) is 11.8. The van der Waals surface area contributed by atoms with Crippen LogP contribution in [0.1, 0.15) is 11.1 Å². The van der Waals surface area contributed by atoms with Gasteiger partial charge in [-0.15, -0.1) is 0 Å². The van der Waals surface area contributed by atoms with Crippen molar-refractivity contribution in [3.05, 3.63) is 94.0 Å². The smallest absolute Gasteiger partial charge is 0.264 e. The second-order valence-electron chi connectivity index (χ2n) is 7.33. The molecule has 9 heteroatoms. The fraction of sp³-hybridized carbons (Fsp3) is 0.208. The van der Waals surface area contributed by atoms with E-state index in [0.29, 0.717) is 28.0 Å². The lowest BCUT2D eigenvalue weighted by molar-refractivity contribution is -0.119. The highest BCUT2D eigenvalue weighted by Gasteiger charge is 2.27. The Morgan fingerprint density at radius 2 is 1.67 bits per heavy atom. The van der Waals surface area contributed by atoms with Gasteiger partial charge in [0.25, 0.3) is 10.0 Å². The lowest BCUT2D eigenvalue weighted by atomic mass is 10.2. The summed E-state index contributed by atoms with van der Waals surface area (Å²) < 4.78 is 27.7. The molecule has 0 radical (unpaired) electrons. The Morgan fingerprint density at radius 1 is 0.970 bits per heavy atom. The predicted molar refractivity (Wildman–Crippen MR) is 138 cm³/mol. The van der Waals surface area contributed by atoms with Crippen molar-refractivity contribution in [3.8, 4) is 0 Å². The average molecular weight is 524 g/mol. The van der Waals surface area contributed by atoms with Gasteiger partial charge in [-0.2, -0.15) is 11.8 Å². The van der Waals surface area contributed by atoms with Crippen molar-refractivity contribution in [1.29, 1.82) is 0 Å². The number of hydrogen-bond donors (Lipinski definition) is 1. The maximum Gasteiger partial charge on any atom is 0.264 e. The quantitative estimate of drug-likeness (QED) is 0.354. The Labute approximate surface area is 209 Å². The first-order valence-corrected chi connectivity index (χ1v) is 13.5. The predicted octanol–water partition coefficient (Wildman–Crippen LogP) is 5.55. The molecule has 5 nitrogen and oxygen atoms in total. The molecule has 0 unspecified atom stereocenters. The van der Waals surface area contributed by atoms with Gasteiger partial charge in [-0.25, -0.2) is 8.42 Å². The zero-order chi connectivity index (χ0) is 23.8. The van der Waals surface area contributed by atoms with Crippen LogP contribution < -0.4 is 9.62 Å². The van der Waals surface area contributed by atoms with Gasteiger partial charge >= 0.3 is 0 Å². The van der Waals surface area contributed by atoms with E-state index in [1.165, 1.54) is 41.5 Å². The number of nitrogens with zero attached hydrogens (tertiary/aromatic N) is 1. The van der Waals surface area contributed by atoms with Gasteiger partial charge in [-0.1, -0.05) is 59.1 Å². The van der Waals surface area contributed by atoms with Crippen LogP contribution in [0.3, 0.4) is 0 Å². The van der Waals surface area contributed by atoms with Gasteiger partial charge in [0.2, 0.25) is 5.91 Å². The number of thioether (sulfide) groups is 1. The third-order valence-corrected chi connectivity index (χ3v) is 8.05. The van der Waals surface area contributed by atoms with E-state index in [2.05, 4.69) is 29.6 Å². The Balaban J connectivity index is 1.64. The summed E-state index contributed by atoms with van der Waals surface area (Å²) in [6.07, 6.45) is 0. The summed E-state index contributed by atoms with van der Waals surface area (Å²) in [5.41, 5.74) is 2.74. The molecule has 1 amide bonds. The molecule has 33 heavy (non-hydrogen) atoms. The minimum absolute atomic E-state index is 0.0355. The van der Waals surface area contributed by atoms with Crippen molar-refractivity contribution >= 4 is 56.6 Å². The van der Waals surface area contributed by atoms with Gasteiger partial charge in [0.1, 0.15) is 6.54 Å². The fourth-order valence-corrected chi connectivity index (χ4v) is 5.55. The number of nitrogens with one attached hydrogen (secondary N) is 1. The average Bonchev–Trinajstić information content (AvgIpc) is 2.78. The van der Waals surface area contributed by atoms with Gasteiger partial charge < -0.3 is 5.32 Å². The van der Waals surface area contributed by atoms with Crippen LogP contribution in [0.2, 0.25) is 10.0 Å². The molecule has 3 aromatic carbocycles. The number of benzene rings is 3. The lowest BCUT2D eigenvalue weighted by Crippen LogP contribution is -2.41. The molecule has 0 bridgehead atoms. The topological polar surface area (TPSA) is 66.5 Å². The summed E-state index contributed by atoms with van der Waals surface area (Å²) in [5.74, 6) is 1.15. The first kappa shape index (κ1) is 25.4. The molecule has 0 aromatic heterocycles. The molecule has 3 rings (SSSR count). The number of hydrogen-bond acceptors (Lipinski definition) is 4. The number of halogens is 2. The monoisotopic (exact) mass is 522 g/mol. The summed E-state index contributed by atoms with van der Waals surface area (Å²) in [5, 5.41) is 3.60. The highest BCUT2D eigenvalue weighted by molar-refractivity contribution is 7.98. The van der Waals surface area contributed by atoms with Crippen LogP contribution in [0.25, 0.3) is 0 Å². The van der Waals surface area contributed by atoms with Crippen LogP contribution in [0.5, 0.6) is 0 Å². The van der Waals surface area contributed by atoms with Crippen LogP contribution in [0.4, 0.5) is 5.69 Å². The van der Waals surface area contributed by atoms with Crippen LogP contribution in [0.15, 0.2) is 77.7 Å². The molecule has 1 N–H and O–H groups in total. The molecule has 0 saturated heterocycles. The second-order valence-corrected chi connectivity index (χ2v) is 11.2. The molecule has 0 spiro atoms. The molecular formula is C24H24Cl2N2O3S2. The number of carbonyl (C=O) groups excluding carboxylic acids is 1. The Kier molecular flexibility index (Phi) is 9.09. The molecular weight excluding hydrogens is 499 g/mol. The summed E-state index contributed by atoms with van der Waals surface area (Å²) in [7, 11) is -4.01. The Hall–Kier alpha value is -2.19. The third kappa shape index (κ3) is 7.40. The van der Waals surface area contributed by atoms with Crippen LogP contribution in [-0.4, -0.2) is 33.2 Å². The summed E-state index contributed by atoms with van der Waals surface area (Å²) in [4.78, 5) is 12.7. The van der Waals surface area contributed by atoms with E-state index in [0.717, 1.165) is 10.1 Å². The summed E-state index contributed by atoms with van der Waals surface area (Å²) in [6, 6.07) is 20.5. The SMILES string of the molecule is Cc1ccc(CSCCNC(=O)CN(c2cccc(Cl)c2)S(=O)(=O)c2ccc(Cl)cc2)cc1. The number of rotatable bonds is 10. The van der Waals surface area contributed by atoms with Crippen molar-refractivity contribution in [2.45, 2.75) is 17.6 Å². The molecule has 3 aromatic rings. The molecule has 0 atom stereocenters. The van der Waals surface area contributed by atoms with Crippen LogP contribution in [-0.2, 0) is 20.6 Å². The summed E-state index contributed by atoms with van der Waals surface area (Å²) >= 11 is 13.7. The number of anilines is 1. The highest BCUT2D eigenvalue weighted by Crippen LogP contribution is 2.26. The van der Waals surface area contributed by atoms with Crippen LogP contribution >= 0.6 is 35.0 Å². The molecule has 0 aliphatic heterocycles. The first-order valence-electron chi connectivity index (χ1n) is 10.2. The number of amides is 1. The minimum atomic E-state index is -4.01. The molecule has 174 valence electrons. The highest BCUT2D eigenvalue weighted by atomic mass is 35.5. The third-order valence-electron chi connectivity index (χ3n) is 4.74. The van der Waals surface area contributed by atoms with Crippen molar-refractivity contribution in [3.63, 3.8) is 0 Å². The normalized spacial score (nSPS) is 11.2. The van der Waals surface area contributed by atoms with Gasteiger partial charge in [-0.3, -0.25) is 9.10 Å². The van der Waals surface area contributed by atoms with Gasteiger partial charge in [0.05, 0.1) is 10.6 Å². The number of aryl methyl sites for hydroxylation is 1. The number of sulfonamides is 1. The number of carbonyl (C=O) groups is 1. The Morgan fingerprint density at radius 3 is 2.33 bits per heavy atom. The first-order chi connectivity index (χ1) is 15.8. The van der Waals surface area contributed by atoms with E-state index in [1.807, 2.05) is 6.92 Å². The summed E-state index contributed by atoms with van der Waals surface area (Å²) in [6.45, 7) is 2.11. The van der Waals surface area contributed by atoms with E-state index in [9.17, 15) is 13.2 Å². The van der Waals surface area contributed by atoms with E-state index >= 15 is 0 Å². The largest absolute Gasteiger partial charge is 0.354 e. The van der Waals surface area contributed by atoms with Crippen molar-refractivity contribution < 1.29 is 13.2 Å². The standard InChI is InChI=1S/C24H24Cl2N2O3S2/c1-18-5-7-19(8-6-18)17-32-14-13-27-24(29)16-28(22-4-2-3-21(26)15-22)33(30,31)23-11-9-20(25)10-12-23/h2-12,15H,13-14,16-17H2,1H3,(H,27,29). The van der Waals surface area contributed by atoms with E-state index < -0.39 is 15.9 Å². The molecule has 0 aliphatic carbocycles. The maximum atomic E-state index is 13.3. The van der Waals surface area contributed by atoms with Gasteiger partial charge in [0.15, 0.2) is 0 Å². The molecule has 0 fully saturated rings. The van der Waals surface area contributed by atoms with Crippen LogP contribution in [0, 0.1) is 6.92 Å². The van der Waals surface area contributed by atoms with Crippen molar-refractivity contribution in [2.75, 3.05) is 23.1 Å². The van der Waals surface area contributed by atoms with E-state index in [-0.39, 0.29) is 11.4 Å². The fourth-order valence-electron chi connectivity index (χ4n) is 3.00. The molecule has 0 saturated carbocycles. The molecule has 0 heterocycles. The van der Waals surface area contributed by atoms with Crippen molar-refractivity contribution in [1.82, 2.24) is 5.32 Å². The van der Waals surface area contributed by atoms with Gasteiger partial charge in [-0.05, 0) is 55.0 Å². The zero-order valence-corrected chi connectivity index (χ0v) is 21.1. The Bertz CT molecular complexity index is 1190. The van der Waals surface area contributed by atoms with E-state index in [4.69, 9.17) is 23.2 Å². The lowest BCUT2D eigenvalue weighted by Gasteiger charge is -2.24. The minimum Gasteiger partial charge on any atom is -0.354 e.